The average molecular weight is 370 g/mol. The van der Waals surface area contributed by atoms with Crippen molar-refractivity contribution >= 4 is 50.6 Å². The molecule has 27 heavy (non-hydrogen) atoms. The van der Waals surface area contributed by atoms with Crippen molar-refractivity contribution in [3.63, 3.8) is 0 Å². The first-order valence-corrected chi connectivity index (χ1v) is 9.20. The van der Waals surface area contributed by atoms with E-state index in [1.54, 1.807) is 0 Å². The standard InChI is InChI=1S/C24H16ClNO/c25-21-12-7-13-23-24(21)20-16-19(14-15-22(20)27-23)26(17-8-3-1-4-9-17)18-10-5-2-6-11-18/h1-16H. The molecule has 0 aliphatic carbocycles. The van der Waals surface area contributed by atoms with Crippen LogP contribution >= 0.6 is 11.6 Å². The van der Waals surface area contributed by atoms with Crippen molar-refractivity contribution < 1.29 is 4.42 Å². The molecule has 5 aromatic rings. The van der Waals surface area contributed by atoms with E-state index >= 15 is 0 Å². The maximum absolute atomic E-state index is 6.47. The second kappa shape index (κ2) is 6.49. The van der Waals surface area contributed by atoms with Gasteiger partial charge in [-0.25, -0.2) is 0 Å². The number of anilines is 3. The van der Waals surface area contributed by atoms with Gasteiger partial charge >= 0.3 is 0 Å². The van der Waals surface area contributed by atoms with E-state index in [2.05, 4.69) is 41.3 Å². The number of hydrogen-bond acceptors (Lipinski definition) is 2. The molecule has 130 valence electrons. The lowest BCUT2D eigenvalue weighted by Gasteiger charge is -2.25. The zero-order valence-corrected chi connectivity index (χ0v) is 15.2. The summed E-state index contributed by atoms with van der Waals surface area (Å²) in [7, 11) is 0. The fourth-order valence-electron chi connectivity index (χ4n) is 3.51. The predicted molar refractivity (Wildman–Crippen MR) is 113 cm³/mol. The van der Waals surface area contributed by atoms with E-state index in [-0.39, 0.29) is 0 Å². The van der Waals surface area contributed by atoms with Crippen molar-refractivity contribution in [3.05, 3.63) is 102 Å². The van der Waals surface area contributed by atoms with Crippen LogP contribution in [0.3, 0.4) is 0 Å². The van der Waals surface area contributed by atoms with Gasteiger partial charge in [0.25, 0.3) is 0 Å². The Kier molecular flexibility index (Phi) is 3.84. The van der Waals surface area contributed by atoms with Gasteiger partial charge in [-0.1, -0.05) is 54.1 Å². The summed E-state index contributed by atoms with van der Waals surface area (Å²) in [6.07, 6.45) is 0. The molecule has 0 fully saturated rings. The van der Waals surface area contributed by atoms with Gasteiger partial charge in [-0.2, -0.15) is 0 Å². The van der Waals surface area contributed by atoms with E-state index in [1.165, 1.54) is 0 Å². The highest BCUT2D eigenvalue weighted by Gasteiger charge is 2.15. The summed E-state index contributed by atoms with van der Waals surface area (Å²) in [4.78, 5) is 2.23. The Hall–Kier alpha value is -3.23. The number of halogens is 1. The highest BCUT2D eigenvalue weighted by molar-refractivity contribution is 6.37. The Bertz CT molecular complexity index is 1190. The first kappa shape index (κ1) is 16.0. The lowest BCUT2D eigenvalue weighted by molar-refractivity contribution is 0.669. The Balaban J connectivity index is 1.77. The molecule has 0 aliphatic rings. The van der Waals surface area contributed by atoms with Crippen molar-refractivity contribution in [1.29, 1.82) is 0 Å². The van der Waals surface area contributed by atoms with Crippen molar-refractivity contribution in [2.45, 2.75) is 0 Å². The molecule has 0 bridgehead atoms. The molecule has 0 atom stereocenters. The van der Waals surface area contributed by atoms with E-state index in [1.807, 2.05) is 60.7 Å². The van der Waals surface area contributed by atoms with Gasteiger partial charge in [-0.15, -0.1) is 0 Å². The molecule has 3 heteroatoms. The van der Waals surface area contributed by atoms with Gasteiger partial charge in [0.05, 0.1) is 5.02 Å². The van der Waals surface area contributed by atoms with Crippen LogP contribution in [-0.2, 0) is 0 Å². The summed E-state index contributed by atoms with van der Waals surface area (Å²) in [6, 6.07) is 32.7. The molecule has 4 aromatic carbocycles. The Labute approximate surface area is 162 Å². The van der Waals surface area contributed by atoms with Crippen LogP contribution in [0.5, 0.6) is 0 Å². The van der Waals surface area contributed by atoms with E-state index in [9.17, 15) is 0 Å². The van der Waals surface area contributed by atoms with Crippen LogP contribution < -0.4 is 4.90 Å². The molecular formula is C24H16ClNO. The van der Waals surface area contributed by atoms with Crippen LogP contribution in [0, 0.1) is 0 Å². The summed E-state index contributed by atoms with van der Waals surface area (Å²) in [5.74, 6) is 0. The molecule has 1 heterocycles. The number of hydrogen-bond donors (Lipinski definition) is 0. The van der Waals surface area contributed by atoms with Crippen LogP contribution in [0.15, 0.2) is 101 Å². The zero-order chi connectivity index (χ0) is 18.2. The number of furan rings is 1. The predicted octanol–water partition coefficient (Wildman–Crippen LogP) is 7.71. The van der Waals surface area contributed by atoms with Crippen LogP contribution in [-0.4, -0.2) is 0 Å². The molecule has 0 spiro atoms. The molecule has 0 radical (unpaired) electrons. The maximum atomic E-state index is 6.47. The number of fused-ring (bicyclic) bond motifs is 3. The third kappa shape index (κ3) is 2.75. The van der Waals surface area contributed by atoms with E-state index < -0.39 is 0 Å². The Morgan fingerprint density at radius 1 is 0.593 bits per heavy atom. The second-order valence-electron chi connectivity index (χ2n) is 6.40. The van der Waals surface area contributed by atoms with Gasteiger partial charge in [0, 0.05) is 27.8 Å². The minimum absolute atomic E-state index is 0.703. The lowest BCUT2D eigenvalue weighted by Crippen LogP contribution is -2.09. The van der Waals surface area contributed by atoms with Gasteiger partial charge in [-0.05, 0) is 54.6 Å². The summed E-state index contributed by atoms with van der Waals surface area (Å²) < 4.78 is 5.98. The first-order chi connectivity index (χ1) is 13.3. The fourth-order valence-corrected chi connectivity index (χ4v) is 3.78. The molecule has 0 aliphatic heterocycles. The molecule has 0 saturated carbocycles. The average Bonchev–Trinajstić information content (AvgIpc) is 3.09. The van der Waals surface area contributed by atoms with Crippen LogP contribution in [0.25, 0.3) is 21.9 Å². The van der Waals surface area contributed by atoms with Crippen LogP contribution in [0.4, 0.5) is 17.1 Å². The van der Waals surface area contributed by atoms with Gasteiger partial charge in [0.2, 0.25) is 0 Å². The van der Waals surface area contributed by atoms with E-state index in [0.29, 0.717) is 5.02 Å². The quantitative estimate of drug-likeness (QED) is 0.324. The first-order valence-electron chi connectivity index (χ1n) is 8.82. The third-order valence-electron chi connectivity index (χ3n) is 4.71. The number of nitrogens with zero attached hydrogens (tertiary/aromatic N) is 1. The van der Waals surface area contributed by atoms with Gasteiger partial charge in [-0.3, -0.25) is 0 Å². The van der Waals surface area contributed by atoms with Crippen molar-refractivity contribution in [2.24, 2.45) is 0 Å². The largest absolute Gasteiger partial charge is 0.456 e. The van der Waals surface area contributed by atoms with Crippen molar-refractivity contribution in [2.75, 3.05) is 4.90 Å². The van der Waals surface area contributed by atoms with E-state index in [0.717, 1.165) is 39.0 Å². The molecule has 0 saturated heterocycles. The van der Waals surface area contributed by atoms with Crippen LogP contribution in [0.2, 0.25) is 5.02 Å². The Morgan fingerprint density at radius 2 is 1.26 bits per heavy atom. The normalized spacial score (nSPS) is 11.1. The van der Waals surface area contributed by atoms with Crippen molar-refractivity contribution in [3.8, 4) is 0 Å². The van der Waals surface area contributed by atoms with Crippen molar-refractivity contribution in [1.82, 2.24) is 0 Å². The molecule has 1 aromatic heterocycles. The molecule has 0 N–H and O–H groups in total. The van der Waals surface area contributed by atoms with Gasteiger partial charge in [0.15, 0.2) is 0 Å². The highest BCUT2D eigenvalue weighted by atomic mass is 35.5. The number of para-hydroxylation sites is 2. The molecule has 0 amide bonds. The number of benzene rings is 4. The van der Waals surface area contributed by atoms with E-state index in [4.69, 9.17) is 16.0 Å². The maximum Gasteiger partial charge on any atom is 0.136 e. The third-order valence-corrected chi connectivity index (χ3v) is 5.03. The molecule has 0 unspecified atom stereocenters. The minimum Gasteiger partial charge on any atom is -0.456 e. The summed E-state index contributed by atoms with van der Waals surface area (Å²) >= 11 is 6.47. The van der Waals surface area contributed by atoms with Gasteiger partial charge in [0.1, 0.15) is 11.2 Å². The summed E-state index contributed by atoms with van der Waals surface area (Å²) in [6.45, 7) is 0. The lowest BCUT2D eigenvalue weighted by atomic mass is 10.1. The molecule has 5 rings (SSSR count). The molecule has 2 nitrogen and oxygen atoms in total. The highest BCUT2D eigenvalue weighted by Crippen LogP contribution is 2.39. The fraction of sp³-hybridized carbons (Fsp3) is 0. The summed E-state index contributed by atoms with van der Waals surface area (Å²) in [5.41, 5.74) is 4.90. The topological polar surface area (TPSA) is 16.4 Å². The smallest absolute Gasteiger partial charge is 0.136 e. The molecular weight excluding hydrogens is 354 g/mol. The SMILES string of the molecule is Clc1cccc2oc3ccc(N(c4ccccc4)c4ccccc4)cc3c12. The minimum atomic E-state index is 0.703. The Morgan fingerprint density at radius 3 is 1.93 bits per heavy atom. The van der Waals surface area contributed by atoms with Gasteiger partial charge < -0.3 is 9.32 Å². The van der Waals surface area contributed by atoms with Crippen LogP contribution in [0.1, 0.15) is 0 Å². The zero-order valence-electron chi connectivity index (χ0n) is 14.5. The monoisotopic (exact) mass is 369 g/mol. The number of rotatable bonds is 3. The summed E-state index contributed by atoms with van der Waals surface area (Å²) in [5, 5.41) is 2.68. The second-order valence-corrected chi connectivity index (χ2v) is 6.81.